The summed E-state index contributed by atoms with van der Waals surface area (Å²) >= 11 is 0. The van der Waals surface area contributed by atoms with Crippen LogP contribution in [-0.4, -0.2) is 52.3 Å². The minimum Gasteiger partial charge on any atom is -0.490 e. The highest BCUT2D eigenvalue weighted by atomic mass is 19.4. The van der Waals surface area contributed by atoms with E-state index >= 15 is 0 Å². The maximum atomic E-state index is 14.8. The van der Waals surface area contributed by atoms with E-state index < -0.39 is 47.1 Å². The number of fused-ring (bicyclic) bond motifs is 1. The van der Waals surface area contributed by atoms with Crippen LogP contribution >= 0.6 is 0 Å². The molecular weight excluding hydrogens is 620 g/mol. The van der Waals surface area contributed by atoms with Gasteiger partial charge in [0.1, 0.15) is 35.0 Å². The van der Waals surface area contributed by atoms with Crippen LogP contribution in [0.15, 0.2) is 67.0 Å². The second-order valence-electron chi connectivity index (χ2n) is 12.0. The molecule has 2 amide bonds. The number of carbonyl (C=O) groups is 2. The average molecular weight is 651 g/mol. The number of amides is 2. The van der Waals surface area contributed by atoms with Crippen LogP contribution in [0.25, 0.3) is 22.4 Å². The Morgan fingerprint density at radius 1 is 1.09 bits per heavy atom. The van der Waals surface area contributed by atoms with E-state index in [0.717, 1.165) is 36.6 Å². The number of carbonyl (C=O) groups excluding carboxylic acids is 2. The number of primary amides is 1. The molecule has 0 bridgehead atoms. The molecule has 2 aromatic carbocycles. The summed E-state index contributed by atoms with van der Waals surface area (Å²) < 4.78 is 69.8. The van der Waals surface area contributed by atoms with E-state index in [-0.39, 0.29) is 40.8 Å². The molecule has 0 spiro atoms. The zero-order valence-corrected chi connectivity index (χ0v) is 25.3. The Kier molecular flexibility index (Phi) is 7.91. The second-order valence-corrected chi connectivity index (χ2v) is 12.0. The number of pyridine rings is 2. The number of hydrogen-bond donors (Lipinski definition) is 3. The third kappa shape index (κ3) is 5.98. The van der Waals surface area contributed by atoms with Gasteiger partial charge >= 0.3 is 6.18 Å². The highest BCUT2D eigenvalue weighted by molar-refractivity contribution is 5.96. The van der Waals surface area contributed by atoms with Crippen molar-refractivity contribution in [1.82, 2.24) is 15.3 Å². The van der Waals surface area contributed by atoms with E-state index in [9.17, 15) is 32.3 Å². The number of ether oxygens (including phenoxy) is 2. The minimum absolute atomic E-state index is 0.0118. The molecule has 13 heteroatoms. The molecule has 4 N–H and O–H groups in total. The summed E-state index contributed by atoms with van der Waals surface area (Å²) in [7, 11) is 0. The van der Waals surface area contributed by atoms with Crippen molar-refractivity contribution in [2.45, 2.75) is 50.0 Å². The van der Waals surface area contributed by atoms with Crippen LogP contribution in [0.5, 0.6) is 11.5 Å². The van der Waals surface area contributed by atoms with Crippen molar-refractivity contribution in [1.29, 1.82) is 0 Å². The normalized spacial score (nSPS) is 18.5. The largest absolute Gasteiger partial charge is 0.490 e. The van der Waals surface area contributed by atoms with Crippen molar-refractivity contribution in [3.05, 3.63) is 95.2 Å². The standard InChI is InChI=1S/C34H30F4N4O5/c1-18-11-21(15-40-14-18)24-12-20(5-10-26(24)47-23-8-9-23)30(43)41-16-33(45,34(36,37)38)27-13-25-29(46-17-32(25,2)31(39)44)28(42-27)19-3-6-22(35)7-4-19/h3-7,10-15,23,45H,8-9,16-17H2,1-2H3,(H2,39,44)(H,41,43)/t32-,33?/m0/s1. The van der Waals surface area contributed by atoms with E-state index in [0.29, 0.717) is 16.9 Å². The summed E-state index contributed by atoms with van der Waals surface area (Å²) in [4.78, 5) is 34.1. The lowest BCUT2D eigenvalue weighted by Gasteiger charge is -2.31. The molecule has 6 rings (SSSR count). The number of nitrogens with one attached hydrogen (secondary N) is 1. The van der Waals surface area contributed by atoms with Gasteiger partial charge in [-0.1, -0.05) is 0 Å². The van der Waals surface area contributed by atoms with Crippen LogP contribution in [0.2, 0.25) is 0 Å². The predicted octanol–water partition coefficient (Wildman–Crippen LogP) is 5.11. The summed E-state index contributed by atoms with van der Waals surface area (Å²) in [6.07, 6.45) is -0.304. The number of hydrogen-bond acceptors (Lipinski definition) is 7. The van der Waals surface area contributed by atoms with E-state index in [1.165, 1.54) is 31.2 Å². The molecule has 0 radical (unpaired) electrons. The van der Waals surface area contributed by atoms with E-state index in [4.69, 9.17) is 15.2 Å². The number of nitrogens with two attached hydrogens (primary N) is 1. The van der Waals surface area contributed by atoms with E-state index in [1.54, 1.807) is 18.5 Å². The molecule has 0 saturated heterocycles. The molecule has 2 atom stereocenters. The molecule has 3 heterocycles. The van der Waals surface area contributed by atoms with Gasteiger partial charge in [0, 0.05) is 40.2 Å². The molecule has 1 fully saturated rings. The van der Waals surface area contributed by atoms with Crippen molar-refractivity contribution in [2.24, 2.45) is 5.73 Å². The third-order valence-corrected chi connectivity index (χ3v) is 8.38. The SMILES string of the molecule is Cc1cncc(-c2cc(C(=O)NCC(O)(c3cc4c(c(-c5ccc(F)cc5)n3)OC[C@]4(C)C(N)=O)C(F)(F)F)ccc2OC2CC2)c1. The number of alkyl halides is 3. The predicted molar refractivity (Wildman–Crippen MR) is 162 cm³/mol. The molecule has 1 unspecified atom stereocenters. The van der Waals surface area contributed by atoms with Gasteiger partial charge in [0.15, 0.2) is 0 Å². The van der Waals surface area contributed by atoms with Gasteiger partial charge in [-0.15, -0.1) is 0 Å². The Balaban J connectivity index is 1.38. The summed E-state index contributed by atoms with van der Waals surface area (Å²) in [5.41, 5.74) is 1.42. The van der Waals surface area contributed by atoms with Gasteiger partial charge in [-0.2, -0.15) is 13.2 Å². The van der Waals surface area contributed by atoms with Crippen LogP contribution in [0.4, 0.5) is 17.6 Å². The first-order chi connectivity index (χ1) is 22.2. The first-order valence-electron chi connectivity index (χ1n) is 14.7. The number of nitrogens with zero attached hydrogens (tertiary/aromatic N) is 2. The fourth-order valence-electron chi connectivity index (χ4n) is 5.32. The number of aromatic nitrogens is 2. The Morgan fingerprint density at radius 3 is 2.45 bits per heavy atom. The van der Waals surface area contributed by atoms with E-state index in [2.05, 4.69) is 15.3 Å². The lowest BCUT2D eigenvalue weighted by molar-refractivity contribution is -0.265. The van der Waals surface area contributed by atoms with Crippen LogP contribution in [-0.2, 0) is 15.8 Å². The number of halogens is 4. The molecule has 1 saturated carbocycles. The van der Waals surface area contributed by atoms with Crippen LogP contribution in [0.3, 0.4) is 0 Å². The van der Waals surface area contributed by atoms with Crippen LogP contribution < -0.4 is 20.5 Å². The van der Waals surface area contributed by atoms with Gasteiger partial charge in [0.2, 0.25) is 11.5 Å². The maximum absolute atomic E-state index is 14.8. The number of aliphatic hydroxyl groups is 1. The number of aryl methyl sites for hydroxylation is 1. The zero-order chi connectivity index (χ0) is 33.7. The Labute approximate surface area is 266 Å². The Morgan fingerprint density at radius 2 is 1.81 bits per heavy atom. The molecule has 4 aromatic rings. The lowest BCUT2D eigenvalue weighted by Crippen LogP contribution is -2.51. The van der Waals surface area contributed by atoms with Gasteiger partial charge in [-0.25, -0.2) is 9.37 Å². The molecule has 47 heavy (non-hydrogen) atoms. The smallest absolute Gasteiger partial charge is 0.424 e. The van der Waals surface area contributed by atoms with Gasteiger partial charge in [-0.3, -0.25) is 14.6 Å². The minimum atomic E-state index is -5.36. The molecule has 1 aliphatic carbocycles. The maximum Gasteiger partial charge on any atom is 0.424 e. The van der Waals surface area contributed by atoms with Crippen molar-refractivity contribution in [3.8, 4) is 33.9 Å². The summed E-state index contributed by atoms with van der Waals surface area (Å²) in [5, 5.41) is 13.5. The molecular formula is C34H30F4N4O5. The van der Waals surface area contributed by atoms with Crippen molar-refractivity contribution >= 4 is 11.8 Å². The summed E-state index contributed by atoms with van der Waals surface area (Å²) in [5.74, 6) is -1.91. The quantitative estimate of drug-likeness (QED) is 0.214. The highest BCUT2D eigenvalue weighted by Gasteiger charge is 2.57. The van der Waals surface area contributed by atoms with Gasteiger partial charge < -0.3 is 25.6 Å². The average Bonchev–Trinajstić information content (AvgIpc) is 3.79. The van der Waals surface area contributed by atoms with Gasteiger partial charge in [-0.05, 0) is 86.8 Å². The van der Waals surface area contributed by atoms with Crippen molar-refractivity contribution < 1.29 is 41.7 Å². The fraction of sp³-hybridized carbons (Fsp3) is 0.294. The van der Waals surface area contributed by atoms with Gasteiger partial charge in [0.05, 0.1) is 18.3 Å². The third-order valence-electron chi connectivity index (χ3n) is 8.38. The van der Waals surface area contributed by atoms with E-state index in [1.807, 2.05) is 13.0 Å². The Hall–Kier alpha value is -5.04. The van der Waals surface area contributed by atoms with Crippen LogP contribution in [0, 0.1) is 12.7 Å². The van der Waals surface area contributed by atoms with Crippen molar-refractivity contribution in [2.75, 3.05) is 13.2 Å². The Bertz CT molecular complexity index is 1880. The lowest BCUT2D eigenvalue weighted by atomic mass is 9.81. The summed E-state index contributed by atoms with van der Waals surface area (Å²) in [6.45, 7) is 1.61. The first-order valence-corrected chi connectivity index (χ1v) is 14.7. The molecule has 2 aromatic heterocycles. The van der Waals surface area contributed by atoms with Crippen molar-refractivity contribution in [3.63, 3.8) is 0 Å². The highest BCUT2D eigenvalue weighted by Crippen LogP contribution is 2.48. The fourth-order valence-corrected chi connectivity index (χ4v) is 5.32. The van der Waals surface area contributed by atoms with Gasteiger partial charge in [0.25, 0.3) is 5.91 Å². The first kappa shape index (κ1) is 31.9. The number of rotatable bonds is 9. The zero-order valence-electron chi connectivity index (χ0n) is 25.3. The molecule has 244 valence electrons. The topological polar surface area (TPSA) is 137 Å². The number of benzene rings is 2. The summed E-state index contributed by atoms with van der Waals surface area (Å²) in [6, 6.07) is 11.9. The molecule has 9 nitrogen and oxygen atoms in total. The van der Waals surface area contributed by atoms with Crippen LogP contribution in [0.1, 0.15) is 46.9 Å². The second kappa shape index (κ2) is 11.6. The molecule has 1 aliphatic heterocycles. The molecule has 2 aliphatic rings. The monoisotopic (exact) mass is 650 g/mol.